The van der Waals surface area contributed by atoms with Crippen LogP contribution in [0.25, 0.3) is 0 Å². The van der Waals surface area contributed by atoms with Gasteiger partial charge in [0.05, 0.1) is 0 Å². The average molecular weight is 426 g/mol. The molecule has 0 amide bonds. The molecule has 0 unspecified atom stereocenters. The van der Waals surface area contributed by atoms with Crippen LogP contribution in [0.15, 0.2) is 91.0 Å². The van der Waals surface area contributed by atoms with Crippen LogP contribution in [0.3, 0.4) is 0 Å². The van der Waals surface area contributed by atoms with Crippen molar-refractivity contribution in [2.24, 2.45) is 0 Å². The molecule has 0 N–H and O–H groups in total. The molecule has 0 aliphatic carbocycles. The second-order valence-electron chi connectivity index (χ2n) is 4.34. The second-order valence-corrected chi connectivity index (χ2v) is 10.7. The summed E-state index contributed by atoms with van der Waals surface area (Å²) < 4.78 is 4.55. The Balaban J connectivity index is 0.00000110. The number of halogens is 2. The van der Waals surface area contributed by atoms with E-state index in [0.717, 1.165) is 0 Å². The Morgan fingerprint density at radius 1 is 0.381 bits per heavy atom. The Hall–Kier alpha value is -0.942. The summed E-state index contributed by atoms with van der Waals surface area (Å²) in [4.78, 5) is 0. The van der Waals surface area contributed by atoms with Gasteiger partial charge in [-0.05, 0) is 0 Å². The number of hydrogen-bond acceptors (Lipinski definition) is 0. The van der Waals surface area contributed by atoms with Crippen LogP contribution in [0.5, 0.6) is 0 Å². The van der Waals surface area contributed by atoms with E-state index in [1.165, 1.54) is 10.5 Å². The Morgan fingerprint density at radius 3 is 0.857 bits per heavy atom. The Bertz CT molecular complexity index is 533. The molecule has 3 heteroatoms. The zero-order valence-corrected chi connectivity index (χ0v) is 15.6. The van der Waals surface area contributed by atoms with Crippen molar-refractivity contribution < 1.29 is 0 Å². The molecule has 0 aromatic heterocycles. The molecule has 21 heavy (non-hydrogen) atoms. The van der Waals surface area contributed by atoms with Gasteiger partial charge < -0.3 is 0 Å². The maximum absolute atomic E-state index is 2.28. The first kappa shape index (κ1) is 18.1. The third kappa shape index (κ3) is 4.51. The summed E-state index contributed by atoms with van der Waals surface area (Å²) in [5.41, 5.74) is 0. The molecule has 0 bridgehead atoms. The summed E-state index contributed by atoms with van der Waals surface area (Å²) in [5.74, 6) is 0. The van der Waals surface area contributed by atoms with Gasteiger partial charge in [-0.2, -0.15) is 0 Å². The monoisotopic (exact) mass is 424 g/mol. The second kappa shape index (κ2) is 9.15. The van der Waals surface area contributed by atoms with Crippen LogP contribution in [0, 0.1) is 0 Å². The van der Waals surface area contributed by atoms with E-state index in [0.29, 0.717) is 0 Å². The molecule has 0 fully saturated rings. The van der Waals surface area contributed by atoms with Gasteiger partial charge in [-0.1, -0.05) is 0 Å². The Morgan fingerprint density at radius 2 is 0.619 bits per heavy atom. The van der Waals surface area contributed by atoms with Gasteiger partial charge in [0.25, 0.3) is 0 Å². The number of benzene rings is 3. The molecule has 0 radical (unpaired) electrons. The van der Waals surface area contributed by atoms with E-state index in [-0.39, 0.29) is 24.8 Å². The van der Waals surface area contributed by atoms with E-state index in [9.17, 15) is 0 Å². The first-order valence-corrected chi connectivity index (χ1v) is 10.2. The van der Waals surface area contributed by atoms with Gasteiger partial charge in [-0.3, -0.25) is 0 Å². The SMILES string of the molecule is Cl.Cl.c1cc[c]([Sb]([c]2ccccc2)[c]2ccccc2)cc1. The molecular formula is C18H17Cl2Sb. The number of rotatable bonds is 3. The fraction of sp³-hybridized carbons (Fsp3) is 0. The van der Waals surface area contributed by atoms with Crippen LogP contribution in [0.1, 0.15) is 0 Å². The van der Waals surface area contributed by atoms with Gasteiger partial charge in [0.2, 0.25) is 0 Å². The summed E-state index contributed by atoms with van der Waals surface area (Å²) in [5, 5.41) is 0. The fourth-order valence-electron chi connectivity index (χ4n) is 2.18. The maximum atomic E-state index is 2.28. The third-order valence-electron chi connectivity index (χ3n) is 3.04. The molecule has 0 saturated heterocycles. The van der Waals surface area contributed by atoms with Gasteiger partial charge in [0.1, 0.15) is 0 Å². The molecule has 3 aromatic rings. The fourth-order valence-corrected chi connectivity index (χ4v) is 8.76. The quantitative estimate of drug-likeness (QED) is 0.566. The summed E-state index contributed by atoms with van der Waals surface area (Å²) in [6.45, 7) is 0. The topological polar surface area (TPSA) is 0 Å². The Kier molecular flexibility index (Phi) is 7.89. The van der Waals surface area contributed by atoms with Gasteiger partial charge in [0.15, 0.2) is 0 Å². The van der Waals surface area contributed by atoms with Crippen molar-refractivity contribution in [3.05, 3.63) is 91.0 Å². The molecule has 0 atom stereocenters. The minimum absolute atomic E-state index is 0. The average Bonchev–Trinajstić information content (AvgIpc) is 2.51. The Labute approximate surface area is 146 Å². The summed E-state index contributed by atoms with van der Waals surface area (Å²) in [6.07, 6.45) is 0. The molecule has 0 saturated carbocycles. The molecule has 0 heterocycles. The van der Waals surface area contributed by atoms with E-state index in [1.54, 1.807) is 0 Å². The van der Waals surface area contributed by atoms with Crippen LogP contribution >= 0.6 is 24.8 Å². The molecule has 0 aliphatic heterocycles. The first-order chi connectivity index (χ1) is 9.45. The molecular weight excluding hydrogens is 409 g/mol. The van der Waals surface area contributed by atoms with Gasteiger partial charge in [-0.25, -0.2) is 0 Å². The van der Waals surface area contributed by atoms with Crippen LogP contribution in [0.4, 0.5) is 0 Å². The van der Waals surface area contributed by atoms with Gasteiger partial charge in [0, 0.05) is 0 Å². The minimum atomic E-state index is -1.83. The summed E-state index contributed by atoms with van der Waals surface area (Å²) in [6, 6.07) is 32.9. The number of hydrogen-bond donors (Lipinski definition) is 0. The van der Waals surface area contributed by atoms with Crippen LogP contribution < -0.4 is 10.5 Å². The van der Waals surface area contributed by atoms with Crippen LogP contribution in [-0.2, 0) is 0 Å². The van der Waals surface area contributed by atoms with E-state index in [2.05, 4.69) is 91.0 Å². The van der Waals surface area contributed by atoms with Crippen molar-refractivity contribution in [1.29, 1.82) is 0 Å². The van der Waals surface area contributed by atoms with E-state index >= 15 is 0 Å². The predicted molar refractivity (Wildman–Crippen MR) is 98.5 cm³/mol. The van der Waals surface area contributed by atoms with Gasteiger partial charge in [-0.15, -0.1) is 24.8 Å². The standard InChI is InChI=1S/3C6H5.2ClH.Sb/c3*1-2-4-6-5-3-1;;;/h3*1-5H;2*1H;. The van der Waals surface area contributed by atoms with E-state index in [1.807, 2.05) is 0 Å². The van der Waals surface area contributed by atoms with Crippen molar-refractivity contribution in [2.75, 3.05) is 0 Å². The molecule has 0 aliphatic rings. The van der Waals surface area contributed by atoms with Crippen molar-refractivity contribution >= 4 is 55.6 Å². The normalized spacial score (nSPS) is 9.57. The van der Waals surface area contributed by atoms with E-state index < -0.39 is 20.2 Å². The van der Waals surface area contributed by atoms with Crippen LogP contribution in [-0.4, -0.2) is 20.2 Å². The van der Waals surface area contributed by atoms with Crippen molar-refractivity contribution in [2.45, 2.75) is 0 Å². The van der Waals surface area contributed by atoms with Crippen molar-refractivity contribution in [3.8, 4) is 0 Å². The molecule has 3 rings (SSSR count). The molecule has 108 valence electrons. The van der Waals surface area contributed by atoms with Gasteiger partial charge >= 0.3 is 122 Å². The molecule has 0 spiro atoms. The van der Waals surface area contributed by atoms with E-state index in [4.69, 9.17) is 0 Å². The van der Waals surface area contributed by atoms with Crippen molar-refractivity contribution in [1.82, 2.24) is 0 Å². The van der Waals surface area contributed by atoms with Crippen molar-refractivity contribution in [3.63, 3.8) is 0 Å². The summed E-state index contributed by atoms with van der Waals surface area (Å²) >= 11 is -1.83. The molecule has 3 aromatic carbocycles. The van der Waals surface area contributed by atoms with Crippen LogP contribution in [0.2, 0.25) is 0 Å². The zero-order valence-electron chi connectivity index (χ0n) is 11.4. The summed E-state index contributed by atoms with van der Waals surface area (Å²) in [7, 11) is 0. The first-order valence-electron chi connectivity index (χ1n) is 6.40. The zero-order chi connectivity index (χ0) is 12.9. The molecule has 0 nitrogen and oxygen atoms in total. The third-order valence-corrected chi connectivity index (χ3v) is 10.0. The predicted octanol–water partition coefficient (Wildman–Crippen LogP) is 3.05.